The molecular formula is C8H10F2O. The summed E-state index contributed by atoms with van der Waals surface area (Å²) in [6.07, 6.45) is 0. The highest BCUT2D eigenvalue weighted by atomic mass is 19.2. The lowest BCUT2D eigenvalue weighted by Gasteiger charge is -1.85. The molecule has 0 heterocycles. The van der Waals surface area contributed by atoms with Gasteiger partial charge in [-0.2, -0.15) is 0 Å². The molecule has 0 spiro atoms. The molecule has 0 aromatic heterocycles. The van der Waals surface area contributed by atoms with E-state index in [2.05, 4.69) is 4.74 Å². The maximum absolute atomic E-state index is 11.9. The molecule has 0 aliphatic rings. The van der Waals surface area contributed by atoms with E-state index < -0.39 is 11.6 Å². The maximum Gasteiger partial charge on any atom is 0.158 e. The Morgan fingerprint density at radius 1 is 1.00 bits per heavy atom. The van der Waals surface area contributed by atoms with Gasteiger partial charge in [-0.1, -0.05) is 12.1 Å². The first-order valence-electron chi connectivity index (χ1n) is 3.02. The zero-order chi connectivity index (χ0) is 8.69. The van der Waals surface area contributed by atoms with Crippen LogP contribution in [0.25, 0.3) is 0 Å². The van der Waals surface area contributed by atoms with Gasteiger partial charge in [0.2, 0.25) is 0 Å². The Morgan fingerprint density at radius 2 is 1.27 bits per heavy atom. The van der Waals surface area contributed by atoms with Gasteiger partial charge in [-0.25, -0.2) is 8.78 Å². The summed E-state index contributed by atoms with van der Waals surface area (Å²) in [7, 11) is 3.25. The van der Waals surface area contributed by atoms with E-state index in [1.54, 1.807) is 14.2 Å². The summed E-state index contributed by atoms with van der Waals surface area (Å²) < 4.78 is 28.1. The number of hydrogen-bond donors (Lipinski definition) is 0. The van der Waals surface area contributed by atoms with E-state index in [-0.39, 0.29) is 0 Å². The number of hydrogen-bond acceptors (Lipinski definition) is 1. The molecule has 62 valence electrons. The summed E-state index contributed by atoms with van der Waals surface area (Å²) in [6.45, 7) is 0. The van der Waals surface area contributed by atoms with Crippen molar-refractivity contribution in [3.8, 4) is 0 Å². The summed E-state index contributed by atoms with van der Waals surface area (Å²) in [5.74, 6) is -1.60. The molecule has 0 fully saturated rings. The molecule has 0 aliphatic heterocycles. The highest BCUT2D eigenvalue weighted by Crippen LogP contribution is 2.01. The number of benzene rings is 1. The fourth-order valence-electron chi connectivity index (χ4n) is 0.439. The lowest BCUT2D eigenvalue weighted by Crippen LogP contribution is -1.77. The third-order valence-electron chi connectivity index (χ3n) is 0.824. The zero-order valence-electron chi connectivity index (χ0n) is 6.47. The lowest BCUT2D eigenvalue weighted by molar-refractivity contribution is 0.277. The van der Waals surface area contributed by atoms with Crippen LogP contribution in [0.5, 0.6) is 0 Å². The number of halogens is 2. The van der Waals surface area contributed by atoms with Gasteiger partial charge in [0.05, 0.1) is 0 Å². The second-order valence-corrected chi connectivity index (χ2v) is 1.82. The van der Waals surface area contributed by atoms with Gasteiger partial charge in [0.25, 0.3) is 0 Å². The highest BCUT2D eigenvalue weighted by molar-refractivity contribution is 5.05. The van der Waals surface area contributed by atoms with Gasteiger partial charge in [0, 0.05) is 14.2 Å². The van der Waals surface area contributed by atoms with Crippen LogP contribution in [0.3, 0.4) is 0 Å². The van der Waals surface area contributed by atoms with E-state index in [0.717, 1.165) is 12.1 Å². The number of methoxy groups -OCH3 is 1. The van der Waals surface area contributed by atoms with E-state index in [0.29, 0.717) is 0 Å². The molecule has 0 bridgehead atoms. The SMILES string of the molecule is COC.Fc1ccccc1F. The van der Waals surface area contributed by atoms with Crippen molar-refractivity contribution in [2.24, 2.45) is 0 Å². The highest BCUT2D eigenvalue weighted by Gasteiger charge is 1.93. The van der Waals surface area contributed by atoms with Crippen LogP contribution in [-0.2, 0) is 4.74 Å². The van der Waals surface area contributed by atoms with Crippen LogP contribution in [0.1, 0.15) is 0 Å². The molecule has 1 aromatic carbocycles. The average Bonchev–Trinajstić information content (AvgIpc) is 1.97. The maximum atomic E-state index is 11.9. The van der Waals surface area contributed by atoms with Gasteiger partial charge >= 0.3 is 0 Å². The van der Waals surface area contributed by atoms with E-state index in [4.69, 9.17) is 0 Å². The normalized spacial score (nSPS) is 8.36. The molecule has 11 heavy (non-hydrogen) atoms. The smallest absolute Gasteiger partial charge is 0.158 e. The minimum Gasteiger partial charge on any atom is -0.388 e. The van der Waals surface area contributed by atoms with Gasteiger partial charge in [0.1, 0.15) is 0 Å². The molecule has 0 radical (unpaired) electrons. The Bertz CT molecular complexity index is 180. The van der Waals surface area contributed by atoms with Gasteiger partial charge in [-0.15, -0.1) is 0 Å². The van der Waals surface area contributed by atoms with E-state index in [9.17, 15) is 8.78 Å². The lowest BCUT2D eigenvalue weighted by atomic mass is 10.3. The summed E-state index contributed by atoms with van der Waals surface area (Å²) in [4.78, 5) is 0. The van der Waals surface area contributed by atoms with Crippen molar-refractivity contribution < 1.29 is 13.5 Å². The van der Waals surface area contributed by atoms with Crippen LogP contribution in [0.4, 0.5) is 8.78 Å². The van der Waals surface area contributed by atoms with Crippen molar-refractivity contribution in [3.63, 3.8) is 0 Å². The van der Waals surface area contributed by atoms with Gasteiger partial charge in [-0.3, -0.25) is 0 Å². The Balaban J connectivity index is 0.000000292. The molecule has 0 unspecified atom stereocenters. The number of ether oxygens (including phenoxy) is 1. The van der Waals surface area contributed by atoms with Crippen LogP contribution < -0.4 is 0 Å². The fourth-order valence-corrected chi connectivity index (χ4v) is 0.439. The van der Waals surface area contributed by atoms with Gasteiger partial charge in [-0.05, 0) is 12.1 Å². The largest absolute Gasteiger partial charge is 0.388 e. The minimum atomic E-state index is -0.799. The van der Waals surface area contributed by atoms with Crippen LogP contribution >= 0.6 is 0 Å². The molecule has 1 aromatic rings. The van der Waals surface area contributed by atoms with Crippen molar-refractivity contribution in [2.45, 2.75) is 0 Å². The van der Waals surface area contributed by atoms with Crippen molar-refractivity contribution in [1.82, 2.24) is 0 Å². The molecule has 0 aliphatic carbocycles. The first kappa shape index (κ1) is 10.0. The minimum absolute atomic E-state index is 0.799. The van der Waals surface area contributed by atoms with Crippen molar-refractivity contribution in [2.75, 3.05) is 14.2 Å². The van der Waals surface area contributed by atoms with Crippen molar-refractivity contribution in [3.05, 3.63) is 35.9 Å². The molecule has 0 saturated heterocycles. The van der Waals surface area contributed by atoms with Crippen molar-refractivity contribution >= 4 is 0 Å². The summed E-state index contributed by atoms with van der Waals surface area (Å²) in [6, 6.07) is 5.04. The van der Waals surface area contributed by atoms with Crippen LogP contribution in [0, 0.1) is 11.6 Å². The molecule has 1 rings (SSSR count). The summed E-state index contributed by atoms with van der Waals surface area (Å²) in [5.41, 5.74) is 0. The first-order valence-corrected chi connectivity index (χ1v) is 3.02. The quantitative estimate of drug-likeness (QED) is 0.565. The predicted molar refractivity (Wildman–Crippen MR) is 39.3 cm³/mol. The van der Waals surface area contributed by atoms with Crippen LogP contribution in [0.15, 0.2) is 24.3 Å². The van der Waals surface area contributed by atoms with Crippen molar-refractivity contribution in [1.29, 1.82) is 0 Å². The van der Waals surface area contributed by atoms with E-state index in [1.165, 1.54) is 12.1 Å². The molecule has 0 N–H and O–H groups in total. The van der Waals surface area contributed by atoms with E-state index in [1.807, 2.05) is 0 Å². The summed E-state index contributed by atoms with van der Waals surface area (Å²) in [5, 5.41) is 0. The predicted octanol–water partition coefficient (Wildman–Crippen LogP) is 2.23. The Hall–Kier alpha value is -0.960. The monoisotopic (exact) mass is 160 g/mol. The van der Waals surface area contributed by atoms with Gasteiger partial charge < -0.3 is 4.74 Å². The Morgan fingerprint density at radius 3 is 1.45 bits per heavy atom. The fraction of sp³-hybridized carbons (Fsp3) is 0.250. The summed E-state index contributed by atoms with van der Waals surface area (Å²) >= 11 is 0. The van der Waals surface area contributed by atoms with Gasteiger partial charge in [0.15, 0.2) is 11.6 Å². The second-order valence-electron chi connectivity index (χ2n) is 1.82. The standard InChI is InChI=1S/C6H4F2.C2H6O/c7-5-3-1-2-4-6(5)8;1-3-2/h1-4H;1-2H3. The third kappa shape index (κ3) is 4.44. The molecule has 0 atom stereocenters. The topological polar surface area (TPSA) is 9.23 Å². The zero-order valence-corrected chi connectivity index (χ0v) is 6.47. The molecule has 1 nitrogen and oxygen atoms in total. The Labute approximate surface area is 64.6 Å². The third-order valence-corrected chi connectivity index (χ3v) is 0.824. The molecule has 0 saturated carbocycles. The average molecular weight is 160 g/mol. The van der Waals surface area contributed by atoms with Crippen LogP contribution in [-0.4, -0.2) is 14.2 Å². The number of rotatable bonds is 0. The second kappa shape index (κ2) is 5.80. The molecular weight excluding hydrogens is 150 g/mol. The molecule has 0 amide bonds. The van der Waals surface area contributed by atoms with Crippen LogP contribution in [0.2, 0.25) is 0 Å². The molecule has 3 heteroatoms. The first-order chi connectivity index (χ1) is 5.22. The Kier molecular flexibility index (Phi) is 5.29. The van der Waals surface area contributed by atoms with E-state index >= 15 is 0 Å².